The third-order valence-electron chi connectivity index (χ3n) is 2.46. The fourth-order valence-corrected chi connectivity index (χ4v) is 1.65. The van der Waals surface area contributed by atoms with Gasteiger partial charge >= 0.3 is 5.69 Å². The van der Waals surface area contributed by atoms with Crippen LogP contribution < -0.4 is 11.2 Å². The molecule has 88 valence electrons. The van der Waals surface area contributed by atoms with Crippen molar-refractivity contribution in [3.05, 3.63) is 61.6 Å². The number of aromatic amines is 1. The first-order chi connectivity index (χ1) is 8.08. The summed E-state index contributed by atoms with van der Waals surface area (Å²) in [5, 5.41) is 0.0409. The van der Waals surface area contributed by atoms with Gasteiger partial charge in [0.1, 0.15) is 5.15 Å². The standard InChI is InChI=1S/C11H10ClN3O2/c1-7-2-3-13-5-8(7)6-15-10(16)4-9(12)14-11(15)17/h2-5H,6H2,1H3,(H,14,17). The smallest absolute Gasteiger partial charge is 0.298 e. The zero-order valence-electron chi connectivity index (χ0n) is 9.11. The highest BCUT2D eigenvalue weighted by atomic mass is 35.5. The summed E-state index contributed by atoms with van der Waals surface area (Å²) in [5.41, 5.74) is 0.844. The Morgan fingerprint density at radius 1 is 1.47 bits per heavy atom. The summed E-state index contributed by atoms with van der Waals surface area (Å²) in [6.07, 6.45) is 3.30. The molecule has 0 aliphatic carbocycles. The number of nitrogens with zero attached hydrogens (tertiary/aromatic N) is 2. The lowest BCUT2D eigenvalue weighted by Crippen LogP contribution is -2.34. The number of halogens is 1. The van der Waals surface area contributed by atoms with E-state index in [4.69, 9.17) is 11.6 Å². The molecule has 0 aliphatic heterocycles. The fraction of sp³-hybridized carbons (Fsp3) is 0.182. The van der Waals surface area contributed by atoms with Crippen LogP contribution in [-0.2, 0) is 6.54 Å². The molecule has 2 heterocycles. The van der Waals surface area contributed by atoms with Crippen LogP contribution in [0.2, 0.25) is 5.15 Å². The summed E-state index contributed by atoms with van der Waals surface area (Å²) in [4.78, 5) is 29.5. The molecule has 0 spiro atoms. The van der Waals surface area contributed by atoms with Crippen molar-refractivity contribution in [2.45, 2.75) is 13.5 Å². The van der Waals surface area contributed by atoms with Gasteiger partial charge in [0.25, 0.3) is 5.56 Å². The predicted octanol–water partition coefficient (Wildman–Crippen LogP) is 0.942. The Morgan fingerprint density at radius 2 is 2.24 bits per heavy atom. The van der Waals surface area contributed by atoms with Crippen LogP contribution in [0, 0.1) is 6.92 Å². The number of hydrogen-bond acceptors (Lipinski definition) is 3. The minimum absolute atomic E-state index is 0.0409. The van der Waals surface area contributed by atoms with Crippen molar-refractivity contribution < 1.29 is 0 Å². The Kier molecular flexibility index (Phi) is 3.10. The van der Waals surface area contributed by atoms with Crippen molar-refractivity contribution in [3.8, 4) is 0 Å². The molecule has 0 saturated carbocycles. The Hall–Kier alpha value is -1.88. The molecule has 0 bridgehead atoms. The van der Waals surface area contributed by atoms with Crippen molar-refractivity contribution in [2.75, 3.05) is 0 Å². The van der Waals surface area contributed by atoms with Gasteiger partial charge in [-0.3, -0.25) is 19.3 Å². The SMILES string of the molecule is Cc1ccncc1Cn1c(=O)cc(Cl)[nH]c1=O. The van der Waals surface area contributed by atoms with Gasteiger partial charge in [-0.1, -0.05) is 11.6 Å². The van der Waals surface area contributed by atoms with Crippen molar-refractivity contribution in [1.82, 2.24) is 14.5 Å². The Morgan fingerprint density at radius 3 is 2.88 bits per heavy atom. The molecule has 17 heavy (non-hydrogen) atoms. The van der Waals surface area contributed by atoms with Crippen molar-refractivity contribution >= 4 is 11.6 Å². The number of aryl methyl sites for hydroxylation is 1. The third-order valence-corrected chi connectivity index (χ3v) is 2.67. The fourth-order valence-electron chi connectivity index (χ4n) is 1.47. The lowest BCUT2D eigenvalue weighted by Gasteiger charge is -2.06. The van der Waals surface area contributed by atoms with Crippen LogP contribution in [0.25, 0.3) is 0 Å². The number of aromatic nitrogens is 3. The van der Waals surface area contributed by atoms with E-state index >= 15 is 0 Å². The molecule has 2 rings (SSSR count). The molecule has 0 fully saturated rings. The Bertz CT molecular complexity index is 629. The first-order valence-corrected chi connectivity index (χ1v) is 5.35. The number of hydrogen-bond donors (Lipinski definition) is 1. The van der Waals surface area contributed by atoms with Crippen LogP contribution in [-0.4, -0.2) is 14.5 Å². The molecule has 5 nitrogen and oxygen atoms in total. The van der Waals surface area contributed by atoms with Gasteiger partial charge in [-0.15, -0.1) is 0 Å². The van der Waals surface area contributed by atoms with Crippen LogP contribution in [0.5, 0.6) is 0 Å². The summed E-state index contributed by atoms with van der Waals surface area (Å²) in [5.74, 6) is 0. The third kappa shape index (κ3) is 2.45. The monoisotopic (exact) mass is 251 g/mol. The molecule has 0 unspecified atom stereocenters. The largest absolute Gasteiger partial charge is 0.329 e. The van der Waals surface area contributed by atoms with E-state index in [1.165, 1.54) is 6.07 Å². The van der Waals surface area contributed by atoms with Gasteiger partial charge in [0.15, 0.2) is 0 Å². The molecule has 2 aromatic rings. The zero-order valence-corrected chi connectivity index (χ0v) is 9.86. The van der Waals surface area contributed by atoms with Crippen LogP contribution in [0.1, 0.15) is 11.1 Å². The topological polar surface area (TPSA) is 67.8 Å². The van der Waals surface area contributed by atoms with Crippen molar-refractivity contribution in [1.29, 1.82) is 0 Å². The zero-order chi connectivity index (χ0) is 12.4. The highest BCUT2D eigenvalue weighted by Gasteiger charge is 2.05. The van der Waals surface area contributed by atoms with E-state index in [1.54, 1.807) is 12.4 Å². The number of H-pyrrole nitrogens is 1. The molecule has 0 aromatic carbocycles. The molecule has 0 atom stereocenters. The quantitative estimate of drug-likeness (QED) is 0.808. The van der Waals surface area contributed by atoms with Crippen molar-refractivity contribution in [3.63, 3.8) is 0 Å². The van der Waals surface area contributed by atoms with Gasteiger partial charge in [-0.05, 0) is 24.1 Å². The highest BCUT2D eigenvalue weighted by molar-refractivity contribution is 6.29. The van der Waals surface area contributed by atoms with Crippen LogP contribution >= 0.6 is 11.6 Å². The number of pyridine rings is 1. The first-order valence-electron chi connectivity index (χ1n) is 4.97. The van der Waals surface area contributed by atoms with Crippen LogP contribution in [0.15, 0.2) is 34.1 Å². The van der Waals surface area contributed by atoms with Gasteiger partial charge in [-0.2, -0.15) is 0 Å². The van der Waals surface area contributed by atoms with Gasteiger partial charge in [0, 0.05) is 18.5 Å². The molecule has 0 saturated heterocycles. The maximum Gasteiger partial charge on any atom is 0.329 e. The second-order valence-electron chi connectivity index (χ2n) is 3.65. The molecule has 6 heteroatoms. The molecule has 0 amide bonds. The predicted molar refractivity (Wildman–Crippen MR) is 64.4 cm³/mol. The lowest BCUT2D eigenvalue weighted by molar-refractivity contribution is 0.694. The lowest BCUT2D eigenvalue weighted by atomic mass is 10.1. The summed E-state index contributed by atoms with van der Waals surface area (Å²) in [6.45, 7) is 2.08. The van der Waals surface area contributed by atoms with Gasteiger partial charge in [-0.25, -0.2) is 4.79 Å². The van der Waals surface area contributed by atoms with E-state index in [2.05, 4.69) is 9.97 Å². The number of rotatable bonds is 2. The van der Waals surface area contributed by atoms with Crippen LogP contribution in [0.4, 0.5) is 0 Å². The first kappa shape index (κ1) is 11.6. The van der Waals surface area contributed by atoms with Gasteiger partial charge in [0.2, 0.25) is 0 Å². The average Bonchev–Trinajstić information content (AvgIpc) is 2.25. The van der Waals surface area contributed by atoms with Crippen LogP contribution in [0.3, 0.4) is 0 Å². The second kappa shape index (κ2) is 4.55. The molecular weight excluding hydrogens is 242 g/mol. The van der Waals surface area contributed by atoms with E-state index in [-0.39, 0.29) is 11.7 Å². The van der Waals surface area contributed by atoms with E-state index in [0.29, 0.717) is 0 Å². The summed E-state index contributed by atoms with van der Waals surface area (Å²) >= 11 is 5.58. The molecule has 0 aliphatic rings. The van der Waals surface area contributed by atoms with Crippen molar-refractivity contribution in [2.24, 2.45) is 0 Å². The van der Waals surface area contributed by atoms with Gasteiger partial charge in [0.05, 0.1) is 6.54 Å². The second-order valence-corrected chi connectivity index (χ2v) is 4.06. The Balaban J connectivity index is 2.48. The highest BCUT2D eigenvalue weighted by Crippen LogP contribution is 2.05. The molecule has 1 N–H and O–H groups in total. The van der Waals surface area contributed by atoms with E-state index < -0.39 is 11.2 Å². The maximum absolute atomic E-state index is 11.6. The summed E-state index contributed by atoms with van der Waals surface area (Å²) < 4.78 is 1.08. The number of nitrogens with one attached hydrogen (secondary N) is 1. The molecule has 0 radical (unpaired) electrons. The minimum atomic E-state index is -0.522. The molecule has 2 aromatic heterocycles. The summed E-state index contributed by atoms with van der Waals surface area (Å²) in [6, 6.07) is 3.00. The van der Waals surface area contributed by atoms with E-state index in [9.17, 15) is 9.59 Å². The van der Waals surface area contributed by atoms with E-state index in [0.717, 1.165) is 15.7 Å². The maximum atomic E-state index is 11.6. The van der Waals surface area contributed by atoms with Gasteiger partial charge < -0.3 is 0 Å². The molecular formula is C11H10ClN3O2. The normalized spacial score (nSPS) is 10.5. The average molecular weight is 252 g/mol. The van der Waals surface area contributed by atoms with E-state index in [1.807, 2.05) is 13.0 Å². The Labute approximate surface area is 102 Å². The summed E-state index contributed by atoms with van der Waals surface area (Å²) in [7, 11) is 0. The minimum Gasteiger partial charge on any atom is -0.298 e.